The van der Waals surface area contributed by atoms with Crippen LogP contribution >= 0.6 is 23.6 Å². The fraction of sp³-hybridized carbons (Fsp3) is 0.500. The van der Waals surface area contributed by atoms with E-state index in [0.717, 1.165) is 55.0 Å². The molecule has 140 valence electrons. The van der Waals surface area contributed by atoms with Gasteiger partial charge in [-0.05, 0) is 62.9 Å². The van der Waals surface area contributed by atoms with Crippen molar-refractivity contribution in [2.24, 2.45) is 0 Å². The van der Waals surface area contributed by atoms with Crippen LogP contribution in [0.25, 0.3) is 0 Å². The number of carbonyl (C=O) groups excluding carboxylic acids is 1. The van der Waals surface area contributed by atoms with Crippen LogP contribution in [0.5, 0.6) is 0 Å². The number of anilines is 1. The number of carbonyl (C=O) groups is 1. The SMILES string of the molecule is COC(=O)c1c(NC(=S)NCCCn2ccc(C)n2)sc2c1CCCC2. The number of esters is 1. The quantitative estimate of drug-likeness (QED) is 0.447. The number of hydrogen-bond acceptors (Lipinski definition) is 5. The number of methoxy groups -OCH3 is 1. The highest BCUT2D eigenvalue weighted by molar-refractivity contribution is 7.80. The van der Waals surface area contributed by atoms with Gasteiger partial charge in [0.15, 0.2) is 5.11 Å². The molecule has 2 heterocycles. The zero-order valence-corrected chi connectivity index (χ0v) is 16.8. The number of fused-ring (bicyclic) bond motifs is 1. The molecule has 0 unspecified atom stereocenters. The minimum Gasteiger partial charge on any atom is -0.465 e. The number of aromatic nitrogens is 2. The van der Waals surface area contributed by atoms with E-state index < -0.39 is 0 Å². The summed E-state index contributed by atoms with van der Waals surface area (Å²) in [5.74, 6) is -0.288. The fourth-order valence-corrected chi connectivity index (χ4v) is 4.70. The predicted molar refractivity (Wildman–Crippen MR) is 108 cm³/mol. The summed E-state index contributed by atoms with van der Waals surface area (Å²) in [7, 11) is 1.42. The van der Waals surface area contributed by atoms with Gasteiger partial charge in [-0.2, -0.15) is 5.10 Å². The van der Waals surface area contributed by atoms with Crippen molar-refractivity contribution in [3.63, 3.8) is 0 Å². The van der Waals surface area contributed by atoms with Gasteiger partial charge >= 0.3 is 5.97 Å². The fourth-order valence-electron chi connectivity index (χ4n) is 3.15. The number of nitrogens with one attached hydrogen (secondary N) is 2. The number of aryl methyl sites for hydroxylation is 3. The lowest BCUT2D eigenvalue weighted by atomic mass is 9.95. The summed E-state index contributed by atoms with van der Waals surface area (Å²) in [6, 6.07) is 1.99. The van der Waals surface area contributed by atoms with E-state index in [-0.39, 0.29) is 5.97 Å². The lowest BCUT2D eigenvalue weighted by Gasteiger charge is -2.12. The second-order valence-corrected chi connectivity index (χ2v) is 7.87. The van der Waals surface area contributed by atoms with E-state index in [1.807, 2.05) is 23.9 Å². The van der Waals surface area contributed by atoms with Gasteiger partial charge < -0.3 is 15.4 Å². The number of rotatable bonds is 6. The van der Waals surface area contributed by atoms with E-state index in [1.54, 1.807) is 11.3 Å². The van der Waals surface area contributed by atoms with Crippen LogP contribution in [0, 0.1) is 6.92 Å². The van der Waals surface area contributed by atoms with Gasteiger partial charge in [-0.1, -0.05) is 0 Å². The van der Waals surface area contributed by atoms with Crippen LogP contribution in [-0.4, -0.2) is 34.5 Å². The van der Waals surface area contributed by atoms with Gasteiger partial charge in [0, 0.05) is 24.2 Å². The average Bonchev–Trinajstić information content (AvgIpc) is 3.21. The molecule has 0 radical (unpaired) electrons. The van der Waals surface area contributed by atoms with Gasteiger partial charge in [0.25, 0.3) is 0 Å². The summed E-state index contributed by atoms with van der Waals surface area (Å²) in [6.07, 6.45) is 7.13. The topological polar surface area (TPSA) is 68.2 Å². The first-order valence-electron chi connectivity index (χ1n) is 8.86. The highest BCUT2D eigenvalue weighted by Gasteiger charge is 2.26. The molecular weight excluding hydrogens is 368 g/mol. The van der Waals surface area contributed by atoms with E-state index >= 15 is 0 Å². The molecule has 0 spiro atoms. The maximum absolute atomic E-state index is 12.2. The van der Waals surface area contributed by atoms with E-state index in [9.17, 15) is 4.79 Å². The van der Waals surface area contributed by atoms with Crippen molar-refractivity contribution in [1.29, 1.82) is 0 Å². The molecule has 1 aliphatic rings. The van der Waals surface area contributed by atoms with Gasteiger partial charge in [0.1, 0.15) is 5.00 Å². The molecule has 26 heavy (non-hydrogen) atoms. The standard InChI is InChI=1S/C18H24N4O2S2/c1-12-8-11-22(21-12)10-5-9-19-18(25)20-16-15(17(23)24-2)13-6-3-4-7-14(13)26-16/h8,11H,3-7,9-10H2,1-2H3,(H2,19,20,25). The first kappa shape index (κ1) is 18.8. The second-order valence-electron chi connectivity index (χ2n) is 6.36. The summed E-state index contributed by atoms with van der Waals surface area (Å²) in [5.41, 5.74) is 2.81. The van der Waals surface area contributed by atoms with E-state index in [1.165, 1.54) is 18.4 Å². The third-order valence-electron chi connectivity index (χ3n) is 4.41. The number of thiocarbonyl (C=S) groups is 1. The molecule has 0 saturated heterocycles. The Morgan fingerprint density at radius 2 is 2.23 bits per heavy atom. The van der Waals surface area contributed by atoms with Crippen LogP contribution in [0.2, 0.25) is 0 Å². The van der Waals surface area contributed by atoms with Crippen molar-refractivity contribution >= 4 is 39.6 Å². The number of thiophene rings is 1. The van der Waals surface area contributed by atoms with Gasteiger partial charge in [0.05, 0.1) is 18.4 Å². The van der Waals surface area contributed by atoms with E-state index in [4.69, 9.17) is 17.0 Å². The normalized spacial score (nSPS) is 13.2. The third kappa shape index (κ3) is 4.42. The number of hydrogen-bond donors (Lipinski definition) is 2. The third-order valence-corrected chi connectivity index (χ3v) is 5.87. The highest BCUT2D eigenvalue weighted by atomic mass is 32.1. The van der Waals surface area contributed by atoms with Gasteiger partial charge in [-0.3, -0.25) is 4.68 Å². The summed E-state index contributed by atoms with van der Waals surface area (Å²) in [5, 5.41) is 12.1. The summed E-state index contributed by atoms with van der Waals surface area (Å²) in [4.78, 5) is 13.5. The van der Waals surface area contributed by atoms with Crippen LogP contribution in [0.4, 0.5) is 5.00 Å². The molecule has 8 heteroatoms. The number of ether oxygens (including phenoxy) is 1. The Morgan fingerprint density at radius 1 is 1.42 bits per heavy atom. The molecule has 0 aromatic carbocycles. The van der Waals surface area contributed by atoms with Crippen molar-refractivity contribution < 1.29 is 9.53 Å². The molecule has 3 rings (SSSR count). The van der Waals surface area contributed by atoms with E-state index in [0.29, 0.717) is 10.7 Å². The van der Waals surface area contributed by atoms with Gasteiger partial charge in [0.2, 0.25) is 0 Å². The molecule has 2 aromatic heterocycles. The largest absolute Gasteiger partial charge is 0.465 e. The Morgan fingerprint density at radius 3 is 2.96 bits per heavy atom. The summed E-state index contributed by atoms with van der Waals surface area (Å²) in [6.45, 7) is 3.56. The zero-order chi connectivity index (χ0) is 18.5. The Kier molecular flexibility index (Phi) is 6.26. The Hall–Kier alpha value is -1.93. The molecule has 2 N–H and O–H groups in total. The van der Waals surface area contributed by atoms with Crippen molar-refractivity contribution in [2.45, 2.75) is 45.6 Å². The van der Waals surface area contributed by atoms with Crippen LogP contribution in [-0.2, 0) is 24.1 Å². The minimum absolute atomic E-state index is 0.288. The number of nitrogens with zero attached hydrogens (tertiary/aromatic N) is 2. The van der Waals surface area contributed by atoms with E-state index in [2.05, 4.69) is 15.7 Å². The Bertz CT molecular complexity index is 797. The van der Waals surface area contributed by atoms with Crippen molar-refractivity contribution in [2.75, 3.05) is 19.0 Å². The average molecular weight is 393 g/mol. The Labute approximate surface area is 162 Å². The van der Waals surface area contributed by atoms with Crippen molar-refractivity contribution in [3.05, 3.63) is 34.0 Å². The predicted octanol–water partition coefficient (Wildman–Crippen LogP) is 3.30. The minimum atomic E-state index is -0.288. The molecule has 2 aromatic rings. The molecule has 0 fully saturated rings. The van der Waals surface area contributed by atoms with Crippen molar-refractivity contribution in [1.82, 2.24) is 15.1 Å². The lowest BCUT2D eigenvalue weighted by Crippen LogP contribution is -2.30. The van der Waals surface area contributed by atoms with Crippen LogP contribution < -0.4 is 10.6 Å². The summed E-state index contributed by atoms with van der Waals surface area (Å²) >= 11 is 7.02. The highest BCUT2D eigenvalue weighted by Crippen LogP contribution is 2.38. The molecule has 0 saturated carbocycles. The summed E-state index contributed by atoms with van der Waals surface area (Å²) < 4.78 is 6.91. The first-order chi connectivity index (χ1) is 12.6. The molecular formula is C18H24N4O2S2. The molecule has 6 nitrogen and oxygen atoms in total. The molecule has 1 aliphatic carbocycles. The van der Waals surface area contributed by atoms with Crippen LogP contribution in [0.15, 0.2) is 12.3 Å². The maximum atomic E-state index is 12.2. The molecule has 0 amide bonds. The van der Waals surface area contributed by atoms with Gasteiger partial charge in [-0.15, -0.1) is 11.3 Å². The smallest absolute Gasteiger partial charge is 0.341 e. The van der Waals surface area contributed by atoms with Crippen LogP contribution in [0.3, 0.4) is 0 Å². The Balaban J connectivity index is 1.56. The monoisotopic (exact) mass is 392 g/mol. The zero-order valence-electron chi connectivity index (χ0n) is 15.1. The van der Waals surface area contributed by atoms with Gasteiger partial charge in [-0.25, -0.2) is 4.79 Å². The second kappa shape index (κ2) is 8.64. The molecule has 0 atom stereocenters. The molecule has 0 bridgehead atoms. The maximum Gasteiger partial charge on any atom is 0.341 e. The first-order valence-corrected chi connectivity index (χ1v) is 10.1. The lowest BCUT2D eigenvalue weighted by molar-refractivity contribution is 0.0601. The van der Waals surface area contributed by atoms with Crippen LogP contribution in [0.1, 0.15) is 45.8 Å². The molecule has 0 aliphatic heterocycles. The van der Waals surface area contributed by atoms with Crippen molar-refractivity contribution in [3.8, 4) is 0 Å².